The number of benzene rings is 2. The fourth-order valence-electron chi connectivity index (χ4n) is 3.63. The number of fused-ring (bicyclic) bond motifs is 1. The second-order valence-electron chi connectivity index (χ2n) is 7.69. The van der Waals surface area contributed by atoms with E-state index in [4.69, 9.17) is 23.7 Å². The molecular weight excluding hydrogens is 472 g/mol. The predicted molar refractivity (Wildman–Crippen MR) is 114 cm³/mol. The van der Waals surface area contributed by atoms with E-state index >= 15 is 0 Å². The summed E-state index contributed by atoms with van der Waals surface area (Å²) in [6.45, 7) is 0. The number of carboxylic acid groups (broad SMARTS) is 1. The number of phenolic OH excluding ortho intramolecular Hbond substituents is 3. The van der Waals surface area contributed by atoms with Crippen LogP contribution in [-0.4, -0.2) is 79.5 Å². The van der Waals surface area contributed by atoms with Crippen LogP contribution in [0.4, 0.5) is 0 Å². The first kappa shape index (κ1) is 24.1. The first-order chi connectivity index (χ1) is 16.5. The standard InChI is InChI=1S/C22H20O13/c1-32-14-3-7(2-11(25)16(14)26)12-6-10(24)15-9(23)4-8(5-13(15)34-12)33-22-19(29)17(27)18(28)20(35-22)21(30)31/h2-6,17-20,22-23,25-29H,1H3,(H,30,31)/t17-,18-,19?,20?,22+/m0/s1. The second kappa shape index (κ2) is 8.96. The Hall–Kier alpha value is -4.04. The smallest absolute Gasteiger partial charge is 0.335 e. The molecule has 3 aromatic rings. The summed E-state index contributed by atoms with van der Waals surface area (Å²) in [6, 6.07) is 5.58. The topological polar surface area (TPSA) is 217 Å². The van der Waals surface area contributed by atoms with Gasteiger partial charge in [0.1, 0.15) is 46.5 Å². The van der Waals surface area contributed by atoms with Crippen LogP contribution in [0, 0.1) is 0 Å². The van der Waals surface area contributed by atoms with Crippen molar-refractivity contribution in [3.05, 3.63) is 40.6 Å². The summed E-state index contributed by atoms with van der Waals surface area (Å²) in [6.07, 6.45) is -9.37. The number of aliphatic hydroxyl groups is 3. The molecule has 13 nitrogen and oxygen atoms in total. The van der Waals surface area contributed by atoms with Gasteiger partial charge in [0.2, 0.25) is 12.0 Å². The van der Waals surface area contributed by atoms with Gasteiger partial charge in [-0.05, 0) is 12.1 Å². The number of hydrogen-bond acceptors (Lipinski definition) is 12. The largest absolute Gasteiger partial charge is 0.507 e. The molecule has 13 heteroatoms. The van der Waals surface area contributed by atoms with E-state index in [-0.39, 0.29) is 33.8 Å². The lowest BCUT2D eigenvalue weighted by molar-refractivity contribution is -0.271. The molecule has 0 radical (unpaired) electrons. The molecule has 1 fully saturated rings. The Labute approximate surface area is 195 Å². The molecule has 2 aromatic carbocycles. The molecule has 0 amide bonds. The summed E-state index contributed by atoms with van der Waals surface area (Å²) < 4.78 is 21.1. The molecule has 7 N–H and O–H groups in total. The van der Waals surface area contributed by atoms with Crippen molar-refractivity contribution in [1.82, 2.24) is 0 Å². The van der Waals surface area contributed by atoms with Gasteiger partial charge in [-0.25, -0.2) is 4.79 Å². The molecule has 35 heavy (non-hydrogen) atoms. The van der Waals surface area contributed by atoms with Crippen LogP contribution in [0.5, 0.6) is 28.7 Å². The van der Waals surface area contributed by atoms with E-state index in [0.717, 1.165) is 24.3 Å². The molecule has 1 aliphatic rings. The summed E-state index contributed by atoms with van der Waals surface area (Å²) in [5.41, 5.74) is -0.723. The molecule has 186 valence electrons. The number of methoxy groups -OCH3 is 1. The van der Waals surface area contributed by atoms with Gasteiger partial charge in [-0.1, -0.05) is 0 Å². The van der Waals surface area contributed by atoms with Crippen LogP contribution in [0.1, 0.15) is 0 Å². The van der Waals surface area contributed by atoms with E-state index < -0.39 is 59.4 Å². The van der Waals surface area contributed by atoms with E-state index in [1.54, 1.807) is 0 Å². The number of phenols is 3. The van der Waals surface area contributed by atoms with Crippen LogP contribution in [0.2, 0.25) is 0 Å². The average Bonchev–Trinajstić information content (AvgIpc) is 2.80. The minimum absolute atomic E-state index is 0.0777. The maximum Gasteiger partial charge on any atom is 0.335 e. The summed E-state index contributed by atoms with van der Waals surface area (Å²) in [4.78, 5) is 23.9. The second-order valence-corrected chi connectivity index (χ2v) is 7.69. The number of aromatic hydroxyl groups is 3. The van der Waals surface area contributed by atoms with Crippen molar-refractivity contribution < 1.29 is 59.2 Å². The number of ether oxygens (including phenoxy) is 3. The highest BCUT2D eigenvalue weighted by atomic mass is 16.7. The summed E-state index contributed by atoms with van der Waals surface area (Å²) >= 11 is 0. The van der Waals surface area contributed by atoms with Crippen molar-refractivity contribution in [3.63, 3.8) is 0 Å². The third-order valence-electron chi connectivity index (χ3n) is 5.41. The van der Waals surface area contributed by atoms with Crippen LogP contribution in [0.15, 0.2) is 39.5 Å². The molecule has 0 aliphatic carbocycles. The van der Waals surface area contributed by atoms with Gasteiger partial charge >= 0.3 is 5.97 Å². The fraction of sp³-hybridized carbons (Fsp3) is 0.273. The van der Waals surface area contributed by atoms with Crippen LogP contribution < -0.4 is 14.9 Å². The Balaban J connectivity index is 1.75. The third kappa shape index (κ3) is 4.28. The maximum absolute atomic E-state index is 12.7. The molecule has 0 bridgehead atoms. The maximum atomic E-state index is 12.7. The van der Waals surface area contributed by atoms with Gasteiger partial charge in [0.05, 0.1) is 7.11 Å². The van der Waals surface area contributed by atoms with Crippen molar-refractivity contribution in [1.29, 1.82) is 0 Å². The summed E-state index contributed by atoms with van der Waals surface area (Å²) in [5, 5.41) is 68.9. The minimum Gasteiger partial charge on any atom is -0.507 e. The first-order valence-electron chi connectivity index (χ1n) is 10.0. The molecule has 4 rings (SSSR count). The Bertz CT molecular complexity index is 1350. The third-order valence-corrected chi connectivity index (χ3v) is 5.41. The predicted octanol–water partition coefficient (Wildman–Crippen LogP) is -0.144. The highest BCUT2D eigenvalue weighted by Gasteiger charge is 2.48. The quantitative estimate of drug-likeness (QED) is 0.231. The fourth-order valence-corrected chi connectivity index (χ4v) is 3.63. The number of carboxylic acids is 1. The Morgan fingerprint density at radius 1 is 0.943 bits per heavy atom. The van der Waals surface area contributed by atoms with Crippen molar-refractivity contribution in [2.24, 2.45) is 0 Å². The molecular formula is C22H20O13. The Morgan fingerprint density at radius 2 is 1.66 bits per heavy atom. The minimum atomic E-state index is -1.92. The highest BCUT2D eigenvalue weighted by molar-refractivity contribution is 5.86. The van der Waals surface area contributed by atoms with Gasteiger partial charge in [-0.2, -0.15) is 0 Å². The average molecular weight is 492 g/mol. The van der Waals surface area contributed by atoms with Gasteiger partial charge in [-0.15, -0.1) is 0 Å². The number of hydrogen-bond donors (Lipinski definition) is 7. The molecule has 1 aromatic heterocycles. The van der Waals surface area contributed by atoms with Crippen molar-refractivity contribution in [2.45, 2.75) is 30.7 Å². The molecule has 1 aliphatic heterocycles. The summed E-state index contributed by atoms with van der Waals surface area (Å²) in [5.74, 6) is -3.67. The molecule has 2 heterocycles. The van der Waals surface area contributed by atoms with Gasteiger partial charge in [0.15, 0.2) is 23.0 Å². The lowest BCUT2D eigenvalue weighted by atomic mass is 9.99. The number of rotatable bonds is 5. The van der Waals surface area contributed by atoms with E-state index in [2.05, 4.69) is 0 Å². The SMILES string of the molecule is COc1cc(-c2cc(=O)c3c(O)cc(O[C@@H]4OC(C(=O)O)[C@@H](O)[C@H](O)C4O)cc3o2)cc(O)c1O. The van der Waals surface area contributed by atoms with Crippen LogP contribution >= 0.6 is 0 Å². The molecule has 0 spiro atoms. The first-order valence-corrected chi connectivity index (χ1v) is 10.0. The zero-order valence-corrected chi connectivity index (χ0v) is 17.9. The Morgan fingerprint density at radius 3 is 2.31 bits per heavy atom. The van der Waals surface area contributed by atoms with Crippen LogP contribution in [0.3, 0.4) is 0 Å². The van der Waals surface area contributed by atoms with E-state index in [1.165, 1.54) is 13.2 Å². The van der Waals surface area contributed by atoms with Gasteiger partial charge < -0.3 is 54.4 Å². The zero-order chi connectivity index (χ0) is 25.6. The van der Waals surface area contributed by atoms with E-state index in [0.29, 0.717) is 0 Å². The molecule has 2 unspecified atom stereocenters. The normalized spacial score (nSPS) is 24.3. The Kier molecular flexibility index (Phi) is 6.17. The van der Waals surface area contributed by atoms with Crippen LogP contribution in [-0.2, 0) is 9.53 Å². The van der Waals surface area contributed by atoms with Gasteiger partial charge in [-0.3, -0.25) is 4.79 Å². The van der Waals surface area contributed by atoms with Crippen molar-refractivity contribution >= 4 is 16.9 Å². The zero-order valence-electron chi connectivity index (χ0n) is 17.9. The van der Waals surface area contributed by atoms with Gasteiger partial charge in [0, 0.05) is 23.8 Å². The number of aliphatic carboxylic acids is 1. The van der Waals surface area contributed by atoms with Crippen molar-refractivity contribution in [3.8, 4) is 40.1 Å². The molecule has 0 saturated carbocycles. The number of aliphatic hydroxyl groups excluding tert-OH is 3. The lowest BCUT2D eigenvalue weighted by Gasteiger charge is -2.38. The molecule has 1 saturated heterocycles. The molecule has 5 atom stereocenters. The monoisotopic (exact) mass is 492 g/mol. The van der Waals surface area contributed by atoms with E-state index in [9.17, 15) is 40.2 Å². The lowest BCUT2D eigenvalue weighted by Crippen LogP contribution is -2.61. The van der Waals surface area contributed by atoms with Gasteiger partial charge in [0.25, 0.3) is 0 Å². The van der Waals surface area contributed by atoms with Crippen molar-refractivity contribution in [2.75, 3.05) is 7.11 Å². The van der Waals surface area contributed by atoms with E-state index in [1.807, 2.05) is 0 Å². The number of carbonyl (C=O) groups is 1. The summed E-state index contributed by atoms with van der Waals surface area (Å²) in [7, 11) is 1.25. The highest BCUT2D eigenvalue weighted by Crippen LogP contribution is 2.40. The van der Waals surface area contributed by atoms with Crippen LogP contribution in [0.25, 0.3) is 22.3 Å².